The van der Waals surface area contributed by atoms with Gasteiger partial charge in [-0.1, -0.05) is 17.5 Å². The van der Waals surface area contributed by atoms with Crippen molar-refractivity contribution in [3.63, 3.8) is 0 Å². The first-order valence-electron chi connectivity index (χ1n) is 5.10. The monoisotopic (exact) mass is 181 g/mol. The van der Waals surface area contributed by atoms with Crippen LogP contribution in [0.15, 0.2) is 0 Å². The largest absolute Gasteiger partial charge is 0.475 e. The Labute approximate surface area is 78.6 Å². The Morgan fingerprint density at radius 1 is 1.38 bits per heavy atom. The summed E-state index contributed by atoms with van der Waals surface area (Å²) in [5.41, 5.74) is 0. The fourth-order valence-corrected chi connectivity index (χ4v) is 2.63. The molecule has 1 heterocycles. The molecule has 3 nitrogen and oxygen atoms in total. The van der Waals surface area contributed by atoms with E-state index in [1.54, 1.807) is 0 Å². The molecule has 1 aliphatic carbocycles. The summed E-state index contributed by atoms with van der Waals surface area (Å²) in [4.78, 5) is 0. The molecule has 2 fully saturated rings. The SMILES string of the molecule is C=[N+]=C(O)C1CC2CCCCC2N1. The number of fused-ring (bicyclic) bond motifs is 1. The van der Waals surface area contributed by atoms with Crippen molar-refractivity contribution in [1.82, 2.24) is 9.98 Å². The third kappa shape index (κ3) is 1.62. The van der Waals surface area contributed by atoms with Crippen molar-refractivity contribution in [2.45, 2.75) is 44.2 Å². The first-order valence-corrected chi connectivity index (χ1v) is 5.10. The van der Waals surface area contributed by atoms with Crippen LogP contribution in [0.5, 0.6) is 0 Å². The van der Waals surface area contributed by atoms with E-state index in [1.165, 1.54) is 25.7 Å². The molecule has 0 aromatic rings. The van der Waals surface area contributed by atoms with E-state index in [1.807, 2.05) is 0 Å². The molecule has 1 saturated carbocycles. The van der Waals surface area contributed by atoms with E-state index in [0.717, 1.165) is 12.3 Å². The molecule has 2 aliphatic rings. The summed E-state index contributed by atoms with van der Waals surface area (Å²) in [6.45, 7) is 3.35. The van der Waals surface area contributed by atoms with Crippen molar-refractivity contribution < 1.29 is 5.11 Å². The van der Waals surface area contributed by atoms with Crippen LogP contribution in [0.3, 0.4) is 0 Å². The standard InChI is InChI=1S/C10H16N2O/c1-11-10(13)9-6-7-4-2-3-5-8(7)12-9/h7-9,12H,1-6H2/p+1. The number of nitrogens with zero attached hydrogens (tertiary/aromatic N) is 1. The zero-order valence-electron chi connectivity index (χ0n) is 7.87. The van der Waals surface area contributed by atoms with Crippen molar-refractivity contribution >= 4 is 12.6 Å². The summed E-state index contributed by atoms with van der Waals surface area (Å²) in [5.74, 6) is 0.928. The predicted molar refractivity (Wildman–Crippen MR) is 54.2 cm³/mol. The molecule has 3 heteroatoms. The summed E-state index contributed by atoms with van der Waals surface area (Å²) < 4.78 is 3.59. The minimum atomic E-state index is 0.0746. The summed E-state index contributed by atoms with van der Waals surface area (Å²) in [7, 11) is 0. The molecule has 0 bridgehead atoms. The summed E-state index contributed by atoms with van der Waals surface area (Å²) in [6, 6.07) is 0.688. The Morgan fingerprint density at radius 3 is 2.85 bits per heavy atom. The second-order valence-corrected chi connectivity index (χ2v) is 4.12. The lowest BCUT2D eigenvalue weighted by atomic mass is 9.85. The average molecular weight is 181 g/mol. The molecule has 3 atom stereocenters. The number of hydrogen-bond acceptors (Lipinski definition) is 1. The van der Waals surface area contributed by atoms with Gasteiger partial charge in [0.05, 0.1) is 0 Å². The highest BCUT2D eigenvalue weighted by Gasteiger charge is 2.40. The second kappa shape index (κ2) is 3.52. The van der Waals surface area contributed by atoms with Crippen LogP contribution in [0.4, 0.5) is 0 Å². The number of rotatable bonds is 1. The fourth-order valence-electron chi connectivity index (χ4n) is 2.63. The fraction of sp³-hybridized carbons (Fsp3) is 0.800. The number of hydrogen-bond donors (Lipinski definition) is 2. The lowest BCUT2D eigenvalue weighted by molar-refractivity contribution is 0.326. The molecule has 0 spiro atoms. The van der Waals surface area contributed by atoms with E-state index in [4.69, 9.17) is 0 Å². The van der Waals surface area contributed by atoms with Gasteiger partial charge in [0.2, 0.25) is 0 Å². The van der Waals surface area contributed by atoms with E-state index in [2.05, 4.69) is 16.7 Å². The maximum Gasteiger partial charge on any atom is 0.475 e. The molecule has 0 aromatic heterocycles. The number of nitrogens with one attached hydrogen (secondary N) is 1. The Kier molecular flexibility index (Phi) is 2.38. The topological polar surface area (TPSA) is 46.4 Å². The van der Waals surface area contributed by atoms with Gasteiger partial charge in [-0.05, 0) is 25.2 Å². The van der Waals surface area contributed by atoms with Crippen LogP contribution < -0.4 is 9.98 Å². The van der Waals surface area contributed by atoms with Crippen molar-refractivity contribution in [1.29, 1.82) is 0 Å². The van der Waals surface area contributed by atoms with Crippen LogP contribution in [0, 0.1) is 5.92 Å². The maximum atomic E-state index is 9.43. The summed E-state index contributed by atoms with van der Waals surface area (Å²) >= 11 is 0. The van der Waals surface area contributed by atoms with Crippen LogP contribution in [0.1, 0.15) is 32.1 Å². The van der Waals surface area contributed by atoms with E-state index in [-0.39, 0.29) is 11.9 Å². The summed E-state index contributed by atoms with van der Waals surface area (Å²) in [5, 5.41) is 12.9. The smallest absolute Gasteiger partial charge is 0.450 e. The van der Waals surface area contributed by atoms with E-state index >= 15 is 0 Å². The highest BCUT2D eigenvalue weighted by atomic mass is 16.3. The van der Waals surface area contributed by atoms with Crippen LogP contribution in [0.25, 0.3) is 0 Å². The second-order valence-electron chi connectivity index (χ2n) is 4.12. The Morgan fingerprint density at radius 2 is 2.15 bits per heavy atom. The molecular weight excluding hydrogens is 164 g/mol. The van der Waals surface area contributed by atoms with Gasteiger partial charge in [0.1, 0.15) is 6.04 Å². The van der Waals surface area contributed by atoms with Gasteiger partial charge in [0.25, 0.3) is 6.72 Å². The zero-order valence-corrected chi connectivity index (χ0v) is 7.87. The molecule has 0 radical (unpaired) electrons. The Hall–Kier alpha value is -0.790. The van der Waals surface area contributed by atoms with Crippen molar-refractivity contribution in [2.24, 2.45) is 5.92 Å². The van der Waals surface area contributed by atoms with Crippen LogP contribution in [-0.2, 0) is 0 Å². The third-order valence-corrected chi connectivity index (χ3v) is 3.34. The van der Waals surface area contributed by atoms with Gasteiger partial charge in [0.15, 0.2) is 0 Å². The van der Waals surface area contributed by atoms with Crippen LogP contribution in [-0.4, -0.2) is 29.8 Å². The quantitative estimate of drug-likeness (QED) is 0.354. The van der Waals surface area contributed by atoms with Gasteiger partial charge in [0, 0.05) is 6.04 Å². The van der Waals surface area contributed by atoms with Crippen LogP contribution >= 0.6 is 0 Å². The first kappa shape index (κ1) is 8.79. The summed E-state index contributed by atoms with van der Waals surface area (Å²) in [6.07, 6.45) is 6.26. The van der Waals surface area contributed by atoms with Crippen molar-refractivity contribution in [2.75, 3.05) is 0 Å². The normalized spacial score (nSPS) is 38.0. The number of aliphatic hydroxyl groups is 1. The lowest BCUT2D eigenvalue weighted by Crippen LogP contribution is -2.37. The molecule has 0 amide bonds. The van der Waals surface area contributed by atoms with E-state index in [9.17, 15) is 5.11 Å². The molecule has 2 rings (SSSR count). The molecule has 3 unspecified atom stereocenters. The molecule has 1 saturated heterocycles. The first-order chi connectivity index (χ1) is 6.31. The molecule has 72 valence electrons. The Bertz CT molecular complexity index is 231. The average Bonchev–Trinajstić information content (AvgIpc) is 2.59. The van der Waals surface area contributed by atoms with E-state index in [0.29, 0.717) is 6.04 Å². The third-order valence-electron chi connectivity index (χ3n) is 3.34. The van der Waals surface area contributed by atoms with Crippen LogP contribution in [0.2, 0.25) is 0 Å². The van der Waals surface area contributed by atoms with Gasteiger partial charge in [-0.3, -0.25) is 5.32 Å². The van der Waals surface area contributed by atoms with Crippen molar-refractivity contribution in [3.8, 4) is 0 Å². The lowest BCUT2D eigenvalue weighted by Gasteiger charge is -2.23. The molecule has 1 aliphatic heterocycles. The maximum absolute atomic E-state index is 9.43. The Balaban J connectivity index is 2.02. The molecule has 0 aromatic carbocycles. The highest BCUT2D eigenvalue weighted by Crippen LogP contribution is 2.32. The molecule has 13 heavy (non-hydrogen) atoms. The van der Waals surface area contributed by atoms with Gasteiger partial charge in [-0.25, -0.2) is 0 Å². The zero-order chi connectivity index (χ0) is 9.26. The number of aliphatic hydroxyl groups excluding tert-OH is 1. The van der Waals surface area contributed by atoms with Gasteiger partial charge >= 0.3 is 5.90 Å². The predicted octanol–water partition coefficient (Wildman–Crippen LogP) is 0.631. The molecular formula is C10H17N2O+. The van der Waals surface area contributed by atoms with Gasteiger partial charge in [-0.2, -0.15) is 0 Å². The molecule has 2 N–H and O–H groups in total. The van der Waals surface area contributed by atoms with E-state index < -0.39 is 0 Å². The van der Waals surface area contributed by atoms with Gasteiger partial charge in [-0.15, -0.1) is 0 Å². The van der Waals surface area contributed by atoms with Crippen molar-refractivity contribution in [3.05, 3.63) is 0 Å². The minimum absolute atomic E-state index is 0.0746. The minimum Gasteiger partial charge on any atom is -0.450 e. The van der Waals surface area contributed by atoms with Gasteiger partial charge < -0.3 is 5.11 Å². The highest BCUT2D eigenvalue weighted by molar-refractivity contribution is 5.80.